The van der Waals surface area contributed by atoms with Crippen molar-refractivity contribution in [1.82, 2.24) is 9.03 Å². The molecule has 6 heteroatoms. The standard InChI is InChI=1S/C13H14N2O2S2/c16-19(17)14-12(13-7-4-8-18-13)10-15(19)9-11-5-2-1-3-6-11/h1-8,12,14H,9-10H2/t12-/m0/s1. The van der Waals surface area contributed by atoms with Crippen molar-refractivity contribution in [2.75, 3.05) is 6.54 Å². The van der Waals surface area contributed by atoms with Gasteiger partial charge in [0.05, 0.1) is 6.04 Å². The molecule has 0 amide bonds. The maximum atomic E-state index is 12.1. The number of benzene rings is 1. The van der Waals surface area contributed by atoms with Crippen LogP contribution < -0.4 is 4.72 Å². The van der Waals surface area contributed by atoms with E-state index in [4.69, 9.17) is 0 Å². The van der Waals surface area contributed by atoms with Crippen molar-refractivity contribution in [3.63, 3.8) is 0 Å². The first-order valence-electron chi connectivity index (χ1n) is 6.00. The van der Waals surface area contributed by atoms with Crippen LogP contribution in [0.5, 0.6) is 0 Å². The molecule has 1 atom stereocenters. The van der Waals surface area contributed by atoms with Gasteiger partial charge in [0, 0.05) is 18.0 Å². The highest BCUT2D eigenvalue weighted by Crippen LogP contribution is 2.27. The molecule has 1 aliphatic heterocycles. The van der Waals surface area contributed by atoms with Gasteiger partial charge in [0.1, 0.15) is 0 Å². The van der Waals surface area contributed by atoms with Crippen LogP contribution in [0.3, 0.4) is 0 Å². The predicted molar refractivity (Wildman–Crippen MR) is 76.0 cm³/mol. The average molecular weight is 294 g/mol. The van der Waals surface area contributed by atoms with Gasteiger partial charge in [0.15, 0.2) is 0 Å². The highest BCUT2D eigenvalue weighted by molar-refractivity contribution is 7.87. The van der Waals surface area contributed by atoms with Gasteiger partial charge in [-0.1, -0.05) is 36.4 Å². The molecule has 2 aromatic rings. The topological polar surface area (TPSA) is 49.4 Å². The van der Waals surface area contributed by atoms with Crippen LogP contribution in [0.15, 0.2) is 47.8 Å². The average Bonchev–Trinajstić information content (AvgIpc) is 2.99. The minimum Gasteiger partial charge on any atom is -0.195 e. The fourth-order valence-corrected chi connectivity index (χ4v) is 4.39. The van der Waals surface area contributed by atoms with Crippen LogP contribution in [-0.4, -0.2) is 19.3 Å². The molecule has 3 rings (SSSR count). The Kier molecular flexibility index (Phi) is 3.40. The summed E-state index contributed by atoms with van der Waals surface area (Å²) in [6.07, 6.45) is 0. The molecular weight excluding hydrogens is 280 g/mol. The van der Waals surface area contributed by atoms with E-state index >= 15 is 0 Å². The molecule has 100 valence electrons. The van der Waals surface area contributed by atoms with Crippen molar-refractivity contribution in [2.24, 2.45) is 0 Å². The van der Waals surface area contributed by atoms with Gasteiger partial charge in [-0.15, -0.1) is 11.3 Å². The Morgan fingerprint density at radius 1 is 1.21 bits per heavy atom. The largest absolute Gasteiger partial charge is 0.280 e. The van der Waals surface area contributed by atoms with E-state index in [1.165, 1.54) is 4.31 Å². The molecule has 0 aliphatic carbocycles. The molecule has 1 aliphatic rings. The molecule has 0 spiro atoms. The number of rotatable bonds is 3. The molecule has 2 heterocycles. The van der Waals surface area contributed by atoms with Crippen LogP contribution in [-0.2, 0) is 16.8 Å². The van der Waals surface area contributed by atoms with Gasteiger partial charge in [-0.2, -0.15) is 17.4 Å². The third-order valence-corrected chi connectivity index (χ3v) is 5.63. The lowest BCUT2D eigenvalue weighted by atomic mass is 10.2. The summed E-state index contributed by atoms with van der Waals surface area (Å²) in [7, 11) is -3.37. The molecule has 0 saturated carbocycles. The number of nitrogens with zero attached hydrogens (tertiary/aromatic N) is 1. The molecule has 1 saturated heterocycles. The van der Waals surface area contributed by atoms with E-state index in [1.807, 2.05) is 47.8 Å². The summed E-state index contributed by atoms with van der Waals surface area (Å²) in [4.78, 5) is 1.05. The summed E-state index contributed by atoms with van der Waals surface area (Å²) in [6.45, 7) is 0.899. The third kappa shape index (κ3) is 2.71. The lowest BCUT2D eigenvalue weighted by molar-refractivity contribution is 0.427. The Morgan fingerprint density at radius 2 is 2.00 bits per heavy atom. The van der Waals surface area contributed by atoms with Gasteiger partial charge >= 0.3 is 0 Å². The number of thiophene rings is 1. The van der Waals surface area contributed by atoms with Crippen molar-refractivity contribution in [2.45, 2.75) is 12.6 Å². The van der Waals surface area contributed by atoms with E-state index in [1.54, 1.807) is 11.3 Å². The zero-order valence-electron chi connectivity index (χ0n) is 10.2. The van der Waals surface area contributed by atoms with Gasteiger partial charge in [-0.25, -0.2) is 0 Å². The molecule has 1 aromatic carbocycles. The van der Waals surface area contributed by atoms with Gasteiger partial charge in [0.2, 0.25) is 0 Å². The second-order valence-electron chi connectivity index (χ2n) is 4.47. The van der Waals surface area contributed by atoms with Crippen LogP contribution in [0, 0.1) is 0 Å². The van der Waals surface area contributed by atoms with Crippen LogP contribution >= 0.6 is 11.3 Å². The van der Waals surface area contributed by atoms with Crippen molar-refractivity contribution >= 4 is 21.5 Å². The molecular formula is C13H14N2O2S2. The van der Waals surface area contributed by atoms with Crippen LogP contribution in [0.25, 0.3) is 0 Å². The molecule has 19 heavy (non-hydrogen) atoms. The molecule has 4 nitrogen and oxygen atoms in total. The molecule has 0 bridgehead atoms. The zero-order valence-corrected chi connectivity index (χ0v) is 11.8. The Balaban J connectivity index is 1.79. The smallest absolute Gasteiger partial charge is 0.195 e. The summed E-state index contributed by atoms with van der Waals surface area (Å²) < 4.78 is 28.4. The van der Waals surface area contributed by atoms with Gasteiger partial charge in [-0.3, -0.25) is 0 Å². The second-order valence-corrected chi connectivity index (χ2v) is 7.15. The minimum atomic E-state index is -3.37. The van der Waals surface area contributed by atoms with E-state index in [-0.39, 0.29) is 6.04 Å². The quantitative estimate of drug-likeness (QED) is 0.943. The highest BCUT2D eigenvalue weighted by Gasteiger charge is 2.36. The second kappa shape index (κ2) is 5.05. The zero-order chi connectivity index (χ0) is 13.3. The lowest BCUT2D eigenvalue weighted by Crippen LogP contribution is -2.29. The molecule has 1 N–H and O–H groups in total. The Hall–Kier alpha value is -1.21. The number of nitrogens with one attached hydrogen (secondary N) is 1. The van der Waals surface area contributed by atoms with E-state index in [0.29, 0.717) is 13.1 Å². The van der Waals surface area contributed by atoms with Gasteiger partial charge < -0.3 is 0 Å². The van der Waals surface area contributed by atoms with Crippen molar-refractivity contribution in [3.05, 3.63) is 58.3 Å². The van der Waals surface area contributed by atoms with E-state index in [2.05, 4.69) is 4.72 Å². The summed E-state index contributed by atoms with van der Waals surface area (Å²) in [5.41, 5.74) is 1.000. The van der Waals surface area contributed by atoms with E-state index in [0.717, 1.165) is 10.4 Å². The fourth-order valence-electron chi connectivity index (χ4n) is 2.17. The van der Waals surface area contributed by atoms with Gasteiger partial charge in [0.25, 0.3) is 10.2 Å². The SMILES string of the molecule is O=S1(=O)N[C@H](c2cccs2)CN1Cc1ccccc1. The first-order valence-corrected chi connectivity index (χ1v) is 8.32. The van der Waals surface area contributed by atoms with Crippen molar-refractivity contribution in [1.29, 1.82) is 0 Å². The van der Waals surface area contributed by atoms with E-state index in [9.17, 15) is 8.42 Å². The van der Waals surface area contributed by atoms with Gasteiger partial charge in [-0.05, 0) is 17.0 Å². The van der Waals surface area contributed by atoms with Crippen molar-refractivity contribution in [3.8, 4) is 0 Å². The third-order valence-electron chi connectivity index (χ3n) is 3.11. The molecule has 0 radical (unpaired) electrons. The first kappa shape index (κ1) is 12.8. The Morgan fingerprint density at radius 3 is 2.68 bits per heavy atom. The summed E-state index contributed by atoms with van der Waals surface area (Å²) in [6, 6.07) is 13.4. The maximum Gasteiger partial charge on any atom is 0.280 e. The summed E-state index contributed by atoms with van der Waals surface area (Å²) >= 11 is 1.58. The van der Waals surface area contributed by atoms with Crippen LogP contribution in [0.2, 0.25) is 0 Å². The lowest BCUT2D eigenvalue weighted by Gasteiger charge is -2.13. The Bertz CT molecular complexity index is 639. The minimum absolute atomic E-state index is 0.131. The molecule has 0 unspecified atom stereocenters. The van der Waals surface area contributed by atoms with Crippen LogP contribution in [0.1, 0.15) is 16.5 Å². The monoisotopic (exact) mass is 294 g/mol. The summed E-state index contributed by atoms with van der Waals surface area (Å²) in [5.74, 6) is 0. The predicted octanol–water partition coefficient (Wildman–Crippen LogP) is 2.14. The van der Waals surface area contributed by atoms with Crippen molar-refractivity contribution < 1.29 is 8.42 Å². The van der Waals surface area contributed by atoms with Crippen LogP contribution in [0.4, 0.5) is 0 Å². The summed E-state index contributed by atoms with van der Waals surface area (Å²) in [5, 5.41) is 1.96. The number of hydrogen-bond donors (Lipinski definition) is 1. The van der Waals surface area contributed by atoms with E-state index < -0.39 is 10.2 Å². The molecule has 1 aromatic heterocycles. The fraction of sp³-hybridized carbons (Fsp3) is 0.231. The Labute approximate surface area is 116 Å². The first-order chi connectivity index (χ1) is 9.15. The maximum absolute atomic E-state index is 12.1. The normalized spacial score (nSPS) is 22.6. The number of hydrogen-bond acceptors (Lipinski definition) is 3. The molecule has 1 fully saturated rings. The highest BCUT2D eigenvalue weighted by atomic mass is 32.2.